The zero-order chi connectivity index (χ0) is 17.3. The number of likely N-dealkylation sites (tertiary alicyclic amines) is 1. The van der Waals surface area contributed by atoms with E-state index in [-0.39, 0.29) is 23.4 Å². The molecule has 2 aliphatic heterocycles. The lowest BCUT2D eigenvalue weighted by Gasteiger charge is -2.25. The maximum absolute atomic E-state index is 12.5. The van der Waals surface area contributed by atoms with E-state index < -0.39 is 0 Å². The van der Waals surface area contributed by atoms with Gasteiger partial charge in [-0.05, 0) is 44.5 Å². The van der Waals surface area contributed by atoms with E-state index in [1.807, 2.05) is 30.9 Å². The lowest BCUT2D eigenvalue weighted by molar-refractivity contribution is -0.117. The van der Waals surface area contributed by atoms with Gasteiger partial charge in [-0.3, -0.25) is 4.79 Å². The van der Waals surface area contributed by atoms with Crippen LogP contribution in [0.15, 0.2) is 24.3 Å². The number of rotatable bonds is 2. The van der Waals surface area contributed by atoms with E-state index in [1.54, 1.807) is 17.0 Å². The molecule has 0 saturated carbocycles. The van der Waals surface area contributed by atoms with Crippen LogP contribution in [0.3, 0.4) is 0 Å². The second kappa shape index (κ2) is 6.16. The Morgan fingerprint density at radius 3 is 2.62 bits per heavy atom. The first kappa shape index (κ1) is 16.3. The second-order valence-corrected chi connectivity index (χ2v) is 7.09. The summed E-state index contributed by atoms with van der Waals surface area (Å²) < 4.78 is 0. The van der Waals surface area contributed by atoms with E-state index in [9.17, 15) is 9.59 Å². The molecule has 0 unspecified atom stereocenters. The normalized spacial score (nSPS) is 23.2. The molecule has 6 nitrogen and oxygen atoms in total. The van der Waals surface area contributed by atoms with Crippen molar-refractivity contribution in [2.75, 3.05) is 24.5 Å². The van der Waals surface area contributed by atoms with Crippen LogP contribution in [-0.4, -0.2) is 42.5 Å². The van der Waals surface area contributed by atoms with Crippen LogP contribution in [-0.2, 0) is 4.79 Å². The van der Waals surface area contributed by atoms with Crippen molar-refractivity contribution in [3.63, 3.8) is 0 Å². The van der Waals surface area contributed by atoms with E-state index in [0.29, 0.717) is 31.6 Å². The zero-order valence-electron chi connectivity index (χ0n) is 14.1. The number of hydrogen-bond donors (Lipinski definition) is 1. The van der Waals surface area contributed by atoms with Crippen molar-refractivity contribution < 1.29 is 9.59 Å². The predicted octanol–water partition coefficient (Wildman–Crippen LogP) is 2.11. The van der Waals surface area contributed by atoms with E-state index in [1.165, 1.54) is 0 Å². The molecule has 3 rings (SSSR count). The third-order valence-electron chi connectivity index (χ3n) is 4.77. The summed E-state index contributed by atoms with van der Waals surface area (Å²) in [5.74, 6) is 0.0887. The number of urea groups is 1. The van der Waals surface area contributed by atoms with Gasteiger partial charge in [0.2, 0.25) is 5.91 Å². The molecule has 3 amide bonds. The number of nitrogens with one attached hydrogen (secondary N) is 1. The highest BCUT2D eigenvalue weighted by Crippen LogP contribution is 2.41. The molecule has 2 saturated heterocycles. The number of hydrogen-bond acceptors (Lipinski definition) is 3. The standard InChI is InChI=1S/C18H22N4O2/c1-13(2)20-17(24)21-8-7-18(11-21)9-16(23)22(12-18)15-5-3-14(10-19)4-6-15/h3-6,13H,7-9,11-12H2,1-2H3,(H,20,24)/t18-/m0/s1. The topological polar surface area (TPSA) is 76.4 Å². The van der Waals surface area contributed by atoms with Crippen LogP contribution in [0.25, 0.3) is 0 Å². The van der Waals surface area contributed by atoms with Gasteiger partial charge in [-0.1, -0.05) is 0 Å². The van der Waals surface area contributed by atoms with Gasteiger partial charge in [0.25, 0.3) is 0 Å². The van der Waals surface area contributed by atoms with Crippen LogP contribution in [0.5, 0.6) is 0 Å². The Bertz CT molecular complexity index is 692. The molecule has 2 fully saturated rings. The van der Waals surface area contributed by atoms with Crippen molar-refractivity contribution in [3.8, 4) is 6.07 Å². The first-order valence-electron chi connectivity index (χ1n) is 8.28. The number of anilines is 1. The second-order valence-electron chi connectivity index (χ2n) is 7.09. The van der Waals surface area contributed by atoms with Crippen LogP contribution >= 0.6 is 0 Å². The summed E-state index contributed by atoms with van der Waals surface area (Å²) in [5, 5.41) is 11.8. The summed E-state index contributed by atoms with van der Waals surface area (Å²) in [6, 6.07) is 9.22. The number of carbonyl (C=O) groups is 2. The lowest BCUT2D eigenvalue weighted by Crippen LogP contribution is -2.43. The molecule has 6 heteroatoms. The number of carbonyl (C=O) groups excluding carboxylic acids is 2. The van der Waals surface area contributed by atoms with Crippen molar-refractivity contribution in [1.82, 2.24) is 10.2 Å². The summed E-state index contributed by atoms with van der Waals surface area (Å²) >= 11 is 0. The number of nitriles is 1. The molecule has 1 atom stereocenters. The Hall–Kier alpha value is -2.55. The molecular formula is C18H22N4O2. The Labute approximate surface area is 142 Å². The van der Waals surface area contributed by atoms with Gasteiger partial charge >= 0.3 is 6.03 Å². The van der Waals surface area contributed by atoms with Crippen molar-refractivity contribution in [1.29, 1.82) is 5.26 Å². The van der Waals surface area contributed by atoms with Crippen molar-refractivity contribution in [2.24, 2.45) is 5.41 Å². The van der Waals surface area contributed by atoms with Gasteiger partial charge in [-0.15, -0.1) is 0 Å². The van der Waals surface area contributed by atoms with E-state index >= 15 is 0 Å². The quantitative estimate of drug-likeness (QED) is 0.904. The maximum atomic E-state index is 12.5. The molecular weight excluding hydrogens is 304 g/mol. The van der Waals surface area contributed by atoms with Crippen molar-refractivity contribution in [2.45, 2.75) is 32.7 Å². The SMILES string of the molecule is CC(C)NC(=O)N1CC[C@]2(CC(=O)N(c3ccc(C#N)cc3)C2)C1. The number of amides is 3. The molecule has 24 heavy (non-hydrogen) atoms. The van der Waals surface area contributed by atoms with E-state index in [2.05, 4.69) is 11.4 Å². The first-order chi connectivity index (χ1) is 11.4. The predicted molar refractivity (Wildman–Crippen MR) is 90.4 cm³/mol. The molecule has 126 valence electrons. The highest BCUT2D eigenvalue weighted by molar-refractivity contribution is 5.96. The van der Waals surface area contributed by atoms with Gasteiger partial charge in [-0.2, -0.15) is 5.26 Å². The third-order valence-corrected chi connectivity index (χ3v) is 4.77. The highest BCUT2D eigenvalue weighted by Gasteiger charge is 2.48. The molecule has 2 heterocycles. The Kier molecular flexibility index (Phi) is 4.18. The van der Waals surface area contributed by atoms with Gasteiger partial charge < -0.3 is 15.1 Å². The Morgan fingerprint density at radius 1 is 1.29 bits per heavy atom. The zero-order valence-corrected chi connectivity index (χ0v) is 14.1. The molecule has 1 spiro atoms. The maximum Gasteiger partial charge on any atom is 0.317 e. The molecule has 0 aromatic heterocycles. The summed E-state index contributed by atoms with van der Waals surface area (Å²) in [6.45, 7) is 5.81. The fourth-order valence-electron chi connectivity index (χ4n) is 3.57. The first-order valence-corrected chi connectivity index (χ1v) is 8.28. The van der Waals surface area contributed by atoms with Crippen LogP contribution in [0.1, 0.15) is 32.3 Å². The third kappa shape index (κ3) is 3.07. The molecule has 0 aliphatic carbocycles. The Morgan fingerprint density at radius 2 is 2.00 bits per heavy atom. The fourth-order valence-corrected chi connectivity index (χ4v) is 3.57. The van der Waals surface area contributed by atoms with Gasteiger partial charge in [0.1, 0.15) is 0 Å². The van der Waals surface area contributed by atoms with Gasteiger partial charge in [0.15, 0.2) is 0 Å². The van der Waals surface area contributed by atoms with Gasteiger partial charge in [0.05, 0.1) is 11.6 Å². The minimum atomic E-state index is -0.153. The lowest BCUT2D eigenvalue weighted by atomic mass is 9.86. The summed E-state index contributed by atoms with van der Waals surface area (Å²) in [6.07, 6.45) is 1.31. The number of benzene rings is 1. The molecule has 1 N–H and O–H groups in total. The summed E-state index contributed by atoms with van der Waals surface area (Å²) in [4.78, 5) is 28.3. The Balaban J connectivity index is 1.70. The summed E-state index contributed by atoms with van der Waals surface area (Å²) in [5.41, 5.74) is 1.25. The van der Waals surface area contributed by atoms with Crippen LogP contribution < -0.4 is 10.2 Å². The van der Waals surface area contributed by atoms with Gasteiger partial charge in [-0.25, -0.2) is 4.79 Å². The monoisotopic (exact) mass is 326 g/mol. The minimum absolute atomic E-state index is 0.0499. The van der Waals surface area contributed by atoms with Crippen LogP contribution in [0.2, 0.25) is 0 Å². The molecule has 1 aromatic rings. The van der Waals surface area contributed by atoms with Crippen molar-refractivity contribution in [3.05, 3.63) is 29.8 Å². The molecule has 0 radical (unpaired) electrons. The highest BCUT2D eigenvalue weighted by atomic mass is 16.2. The molecule has 0 bridgehead atoms. The summed E-state index contributed by atoms with van der Waals surface area (Å²) in [7, 11) is 0. The van der Waals surface area contributed by atoms with Gasteiger partial charge in [0, 0.05) is 43.2 Å². The van der Waals surface area contributed by atoms with Crippen LogP contribution in [0, 0.1) is 16.7 Å². The minimum Gasteiger partial charge on any atom is -0.336 e. The smallest absolute Gasteiger partial charge is 0.317 e. The number of nitrogens with zero attached hydrogens (tertiary/aromatic N) is 3. The van der Waals surface area contributed by atoms with E-state index in [4.69, 9.17) is 5.26 Å². The van der Waals surface area contributed by atoms with E-state index in [0.717, 1.165) is 12.1 Å². The average Bonchev–Trinajstić information content (AvgIpc) is 3.10. The molecule has 2 aliphatic rings. The average molecular weight is 326 g/mol. The fraction of sp³-hybridized carbons (Fsp3) is 0.500. The van der Waals surface area contributed by atoms with Crippen LogP contribution in [0.4, 0.5) is 10.5 Å². The van der Waals surface area contributed by atoms with Crippen molar-refractivity contribution >= 4 is 17.6 Å². The molecule has 1 aromatic carbocycles. The largest absolute Gasteiger partial charge is 0.336 e.